The lowest BCUT2D eigenvalue weighted by Crippen LogP contribution is -1.82. The molecule has 4 nitrogen and oxygen atoms in total. The Balaban J connectivity index is 2.18. The Morgan fingerprint density at radius 1 is 1.41 bits per heavy atom. The first-order valence-electron chi connectivity index (χ1n) is 5.04. The van der Waals surface area contributed by atoms with Gasteiger partial charge in [-0.25, -0.2) is 9.97 Å². The predicted octanol–water partition coefficient (Wildman–Crippen LogP) is 3.07. The van der Waals surface area contributed by atoms with Gasteiger partial charge in [0.25, 0.3) is 0 Å². The van der Waals surface area contributed by atoms with Crippen LogP contribution in [0, 0.1) is 6.92 Å². The smallest absolute Gasteiger partial charge is 0.181 e. The molecular formula is C12H8N2O2S. The van der Waals surface area contributed by atoms with Crippen LogP contribution in [0.25, 0.3) is 22.4 Å². The molecule has 17 heavy (non-hydrogen) atoms. The maximum atomic E-state index is 10.7. The Kier molecular flexibility index (Phi) is 2.26. The second-order valence-electron chi connectivity index (χ2n) is 3.61. The summed E-state index contributed by atoms with van der Waals surface area (Å²) in [6.45, 7) is 1.95. The molecule has 0 spiro atoms. The average molecular weight is 244 g/mol. The van der Waals surface area contributed by atoms with E-state index in [1.807, 2.05) is 25.1 Å². The molecule has 84 valence electrons. The van der Waals surface area contributed by atoms with Crippen molar-refractivity contribution >= 4 is 28.7 Å². The van der Waals surface area contributed by atoms with Crippen molar-refractivity contribution in [2.75, 3.05) is 0 Å². The number of aryl methyl sites for hydroxylation is 1. The molecule has 5 heteroatoms. The topological polar surface area (TPSA) is 56.0 Å². The van der Waals surface area contributed by atoms with Crippen molar-refractivity contribution in [3.05, 3.63) is 34.5 Å². The molecule has 0 fully saturated rings. The van der Waals surface area contributed by atoms with Crippen molar-refractivity contribution in [1.29, 1.82) is 0 Å². The van der Waals surface area contributed by atoms with Gasteiger partial charge < -0.3 is 4.42 Å². The van der Waals surface area contributed by atoms with Gasteiger partial charge in [0, 0.05) is 10.4 Å². The van der Waals surface area contributed by atoms with Gasteiger partial charge in [-0.15, -0.1) is 11.3 Å². The molecule has 0 aliphatic rings. The summed E-state index contributed by atoms with van der Waals surface area (Å²) >= 11 is 1.39. The van der Waals surface area contributed by atoms with Gasteiger partial charge in [0.1, 0.15) is 5.52 Å². The quantitative estimate of drug-likeness (QED) is 0.650. The minimum absolute atomic E-state index is 0.496. The highest BCUT2D eigenvalue weighted by Crippen LogP contribution is 2.28. The van der Waals surface area contributed by atoms with Crippen molar-refractivity contribution in [2.24, 2.45) is 0 Å². The van der Waals surface area contributed by atoms with E-state index in [4.69, 9.17) is 4.42 Å². The number of aromatic nitrogens is 2. The van der Waals surface area contributed by atoms with Gasteiger partial charge in [-0.3, -0.25) is 4.79 Å². The normalized spacial score (nSPS) is 10.9. The van der Waals surface area contributed by atoms with Crippen LogP contribution in [0.2, 0.25) is 0 Å². The highest BCUT2D eigenvalue weighted by atomic mass is 32.1. The van der Waals surface area contributed by atoms with Crippen LogP contribution in [0.15, 0.2) is 29.0 Å². The maximum Gasteiger partial charge on any atom is 0.181 e. The lowest BCUT2D eigenvalue weighted by atomic mass is 10.1. The fraction of sp³-hybridized carbons (Fsp3) is 0.0833. The third-order valence-electron chi connectivity index (χ3n) is 2.52. The van der Waals surface area contributed by atoms with E-state index >= 15 is 0 Å². The number of carbonyl (C=O) groups excluding carboxylic acids is 1. The van der Waals surface area contributed by atoms with E-state index in [0.29, 0.717) is 5.01 Å². The number of thiazole rings is 1. The van der Waals surface area contributed by atoms with Crippen LogP contribution in [-0.2, 0) is 0 Å². The number of hydrogen-bond acceptors (Lipinski definition) is 5. The molecule has 0 aliphatic carbocycles. The molecular weight excluding hydrogens is 236 g/mol. The van der Waals surface area contributed by atoms with Crippen LogP contribution >= 0.6 is 11.3 Å². The molecule has 3 rings (SSSR count). The summed E-state index contributed by atoms with van der Waals surface area (Å²) in [4.78, 5) is 20.0. The minimum Gasteiger partial charge on any atom is -0.443 e. The van der Waals surface area contributed by atoms with Crippen LogP contribution in [0.1, 0.15) is 14.7 Å². The minimum atomic E-state index is 0.496. The van der Waals surface area contributed by atoms with Gasteiger partial charge in [0.15, 0.2) is 23.3 Å². The predicted molar refractivity (Wildman–Crippen MR) is 65.2 cm³/mol. The van der Waals surface area contributed by atoms with Gasteiger partial charge in [0.2, 0.25) is 0 Å². The van der Waals surface area contributed by atoms with Crippen molar-refractivity contribution < 1.29 is 9.21 Å². The molecule has 0 bridgehead atoms. The standard InChI is InChI=1S/C12H8N2O2S/c1-7-12(14-11(5-15)17-7)8-2-3-9-10(4-8)16-6-13-9/h2-6H,1H3. The Bertz CT molecular complexity index is 699. The number of fused-ring (bicyclic) bond motifs is 1. The van der Waals surface area contributed by atoms with Crippen LogP contribution in [0.3, 0.4) is 0 Å². The van der Waals surface area contributed by atoms with E-state index in [0.717, 1.165) is 33.5 Å². The number of oxazole rings is 1. The van der Waals surface area contributed by atoms with E-state index in [2.05, 4.69) is 9.97 Å². The zero-order chi connectivity index (χ0) is 11.8. The van der Waals surface area contributed by atoms with Crippen LogP contribution in [0.5, 0.6) is 0 Å². The Morgan fingerprint density at radius 3 is 3.06 bits per heavy atom. The molecule has 0 saturated carbocycles. The number of benzene rings is 1. The first-order chi connectivity index (χ1) is 8.28. The molecule has 0 atom stereocenters. The van der Waals surface area contributed by atoms with Gasteiger partial charge in [-0.05, 0) is 19.1 Å². The van der Waals surface area contributed by atoms with E-state index in [9.17, 15) is 4.79 Å². The number of carbonyl (C=O) groups is 1. The second-order valence-corrected chi connectivity index (χ2v) is 4.84. The SMILES string of the molecule is Cc1sc(C=O)nc1-c1ccc2ncoc2c1. The van der Waals surface area contributed by atoms with Gasteiger partial charge in [0.05, 0.1) is 5.69 Å². The summed E-state index contributed by atoms with van der Waals surface area (Å²) in [6.07, 6.45) is 2.19. The molecule has 0 radical (unpaired) electrons. The lowest BCUT2D eigenvalue weighted by Gasteiger charge is -1.97. The van der Waals surface area contributed by atoms with Gasteiger partial charge >= 0.3 is 0 Å². The zero-order valence-corrected chi connectivity index (χ0v) is 9.82. The largest absolute Gasteiger partial charge is 0.443 e. The molecule has 2 aromatic heterocycles. The van der Waals surface area contributed by atoms with Crippen LogP contribution < -0.4 is 0 Å². The molecule has 0 unspecified atom stereocenters. The molecule has 2 heterocycles. The first kappa shape index (κ1) is 10.2. The fourth-order valence-electron chi connectivity index (χ4n) is 1.74. The summed E-state index contributed by atoms with van der Waals surface area (Å²) in [5.74, 6) is 0. The highest BCUT2D eigenvalue weighted by molar-refractivity contribution is 7.13. The molecule has 3 aromatic rings. The number of rotatable bonds is 2. The van der Waals surface area contributed by atoms with Crippen LogP contribution in [-0.4, -0.2) is 16.3 Å². The second kappa shape index (κ2) is 3.78. The van der Waals surface area contributed by atoms with E-state index in [1.165, 1.54) is 17.7 Å². The summed E-state index contributed by atoms with van der Waals surface area (Å²) in [6, 6.07) is 5.70. The summed E-state index contributed by atoms with van der Waals surface area (Å²) in [5, 5.41) is 0.496. The molecule has 0 saturated heterocycles. The Labute approximate surface area is 101 Å². The highest BCUT2D eigenvalue weighted by Gasteiger charge is 2.10. The third-order valence-corrected chi connectivity index (χ3v) is 3.41. The van der Waals surface area contributed by atoms with E-state index in [-0.39, 0.29) is 0 Å². The van der Waals surface area contributed by atoms with Crippen molar-refractivity contribution in [3.8, 4) is 11.3 Å². The van der Waals surface area contributed by atoms with Crippen molar-refractivity contribution in [1.82, 2.24) is 9.97 Å². The lowest BCUT2D eigenvalue weighted by molar-refractivity contribution is 0.112. The zero-order valence-electron chi connectivity index (χ0n) is 9.01. The number of aldehydes is 1. The molecule has 0 amide bonds. The first-order valence-corrected chi connectivity index (χ1v) is 5.86. The average Bonchev–Trinajstić information content (AvgIpc) is 2.93. The maximum absolute atomic E-state index is 10.7. The molecule has 0 N–H and O–H groups in total. The number of hydrogen-bond donors (Lipinski definition) is 0. The summed E-state index contributed by atoms with van der Waals surface area (Å²) in [7, 11) is 0. The van der Waals surface area contributed by atoms with Crippen molar-refractivity contribution in [3.63, 3.8) is 0 Å². The third kappa shape index (κ3) is 1.64. The monoisotopic (exact) mass is 244 g/mol. The Hall–Kier alpha value is -2.01. The fourth-order valence-corrected chi connectivity index (χ4v) is 2.50. The number of nitrogens with zero attached hydrogens (tertiary/aromatic N) is 2. The van der Waals surface area contributed by atoms with Gasteiger partial charge in [-0.2, -0.15) is 0 Å². The summed E-state index contributed by atoms with van der Waals surface area (Å²) < 4.78 is 5.25. The Morgan fingerprint density at radius 2 is 2.29 bits per heavy atom. The summed E-state index contributed by atoms with van der Waals surface area (Å²) in [5.41, 5.74) is 3.31. The molecule has 0 aliphatic heterocycles. The van der Waals surface area contributed by atoms with Crippen molar-refractivity contribution in [2.45, 2.75) is 6.92 Å². The molecule has 1 aromatic carbocycles. The van der Waals surface area contributed by atoms with E-state index < -0.39 is 0 Å². The van der Waals surface area contributed by atoms with Gasteiger partial charge in [-0.1, -0.05) is 6.07 Å². The van der Waals surface area contributed by atoms with Crippen LogP contribution in [0.4, 0.5) is 0 Å². The van der Waals surface area contributed by atoms with E-state index in [1.54, 1.807) is 0 Å².